The summed E-state index contributed by atoms with van der Waals surface area (Å²) in [4.78, 5) is 12.7. The van der Waals surface area contributed by atoms with Gasteiger partial charge < -0.3 is 15.4 Å². The van der Waals surface area contributed by atoms with Gasteiger partial charge in [0.25, 0.3) is 0 Å². The lowest BCUT2D eigenvalue weighted by Gasteiger charge is -2.21. The molecule has 1 fully saturated rings. The number of aryl methyl sites for hydroxylation is 2. The summed E-state index contributed by atoms with van der Waals surface area (Å²) in [6.07, 6.45) is -0.308. The van der Waals surface area contributed by atoms with Gasteiger partial charge in [-0.05, 0) is 49.2 Å². The molecule has 1 aliphatic heterocycles. The summed E-state index contributed by atoms with van der Waals surface area (Å²) in [5, 5.41) is 6.30. The van der Waals surface area contributed by atoms with E-state index in [1.807, 2.05) is 56.3 Å². The fourth-order valence-electron chi connectivity index (χ4n) is 2.78. The third-order valence-corrected chi connectivity index (χ3v) is 4.21. The van der Waals surface area contributed by atoms with E-state index in [4.69, 9.17) is 4.74 Å². The molecule has 2 atom stereocenters. The van der Waals surface area contributed by atoms with Gasteiger partial charge in [-0.3, -0.25) is 4.79 Å². The number of hydrogen-bond acceptors (Lipinski definition) is 6. The van der Waals surface area contributed by atoms with E-state index >= 15 is 0 Å². The van der Waals surface area contributed by atoms with Gasteiger partial charge >= 0.3 is 0 Å². The van der Waals surface area contributed by atoms with E-state index in [1.165, 1.54) is 0 Å². The number of amides is 1. The van der Waals surface area contributed by atoms with Crippen LogP contribution in [0.25, 0.3) is 0 Å². The maximum Gasteiger partial charge on any atom is 0.246 e. The molecule has 2 unspecified atom stereocenters. The number of para-hydroxylation sites is 1. The highest BCUT2D eigenvalue weighted by molar-refractivity contribution is 5.97. The predicted molar refractivity (Wildman–Crippen MR) is 98.1 cm³/mol. The maximum atomic E-state index is 12.7. The number of carbonyl (C=O) groups is 1. The van der Waals surface area contributed by atoms with Gasteiger partial charge in [0.15, 0.2) is 0 Å². The van der Waals surface area contributed by atoms with Crippen LogP contribution in [-0.4, -0.2) is 25.2 Å². The molecule has 0 radical (unpaired) electrons. The lowest BCUT2D eigenvalue weighted by molar-refractivity contribution is -0.118. The van der Waals surface area contributed by atoms with Gasteiger partial charge in [0.05, 0.1) is 7.11 Å². The number of nitrogens with one attached hydrogen (secondary N) is 5. The van der Waals surface area contributed by atoms with Crippen LogP contribution in [-0.2, 0) is 4.79 Å². The highest BCUT2D eigenvalue weighted by atomic mass is 16.5. The molecule has 7 heteroatoms. The Kier molecular flexibility index (Phi) is 5.18. The molecule has 0 aliphatic carbocycles. The minimum atomic E-state index is -0.485. The van der Waals surface area contributed by atoms with Crippen molar-refractivity contribution in [3.05, 3.63) is 53.6 Å². The van der Waals surface area contributed by atoms with Crippen molar-refractivity contribution in [3.63, 3.8) is 0 Å². The van der Waals surface area contributed by atoms with Gasteiger partial charge in [0.1, 0.15) is 18.0 Å². The van der Waals surface area contributed by atoms with Crippen LogP contribution >= 0.6 is 0 Å². The summed E-state index contributed by atoms with van der Waals surface area (Å²) in [5.41, 5.74) is 12.6. The summed E-state index contributed by atoms with van der Waals surface area (Å²) >= 11 is 0. The zero-order valence-corrected chi connectivity index (χ0v) is 14.5. The van der Waals surface area contributed by atoms with Crippen molar-refractivity contribution in [2.75, 3.05) is 17.7 Å². The van der Waals surface area contributed by atoms with E-state index in [9.17, 15) is 4.79 Å². The number of benzene rings is 2. The molecule has 0 aromatic heterocycles. The normalized spacial score (nSPS) is 19.5. The van der Waals surface area contributed by atoms with Crippen LogP contribution in [0.3, 0.4) is 0 Å². The molecule has 0 spiro atoms. The zero-order chi connectivity index (χ0) is 17.8. The molecule has 1 amide bonds. The molecule has 7 nitrogen and oxygen atoms in total. The average molecular weight is 341 g/mol. The summed E-state index contributed by atoms with van der Waals surface area (Å²) < 4.78 is 5.16. The highest BCUT2D eigenvalue weighted by Gasteiger charge is 2.33. The number of hydrazine groups is 2. The van der Waals surface area contributed by atoms with Crippen molar-refractivity contribution >= 4 is 17.3 Å². The Hall–Kier alpha value is -2.61. The third-order valence-electron chi connectivity index (χ3n) is 4.21. The van der Waals surface area contributed by atoms with E-state index in [2.05, 4.69) is 27.0 Å². The number of anilines is 2. The Bertz CT molecular complexity index is 727. The Morgan fingerprint density at radius 2 is 1.72 bits per heavy atom. The van der Waals surface area contributed by atoms with Gasteiger partial charge in [0, 0.05) is 11.4 Å². The molecule has 1 saturated heterocycles. The lowest BCUT2D eigenvalue weighted by Crippen LogP contribution is -2.48. The molecule has 3 rings (SSSR count). The first-order valence-corrected chi connectivity index (χ1v) is 8.12. The summed E-state index contributed by atoms with van der Waals surface area (Å²) in [6.45, 7) is 3.96. The van der Waals surface area contributed by atoms with Crippen molar-refractivity contribution in [2.45, 2.75) is 26.1 Å². The fourth-order valence-corrected chi connectivity index (χ4v) is 2.78. The molecule has 1 aliphatic rings. The fraction of sp³-hybridized carbons (Fsp3) is 0.278. The Morgan fingerprint density at radius 3 is 2.36 bits per heavy atom. The molecule has 2 aromatic carbocycles. The molecule has 25 heavy (non-hydrogen) atoms. The first kappa shape index (κ1) is 17.2. The minimum absolute atomic E-state index is 0.124. The number of carbonyl (C=O) groups excluding carboxylic acids is 1. The van der Waals surface area contributed by atoms with Crippen LogP contribution in [0.5, 0.6) is 5.75 Å². The van der Waals surface area contributed by atoms with Crippen LogP contribution in [0.4, 0.5) is 11.4 Å². The number of methoxy groups -OCH3 is 1. The largest absolute Gasteiger partial charge is 0.497 e. The van der Waals surface area contributed by atoms with Crippen LogP contribution in [0.2, 0.25) is 0 Å². The van der Waals surface area contributed by atoms with Crippen molar-refractivity contribution in [3.8, 4) is 5.75 Å². The Morgan fingerprint density at radius 1 is 1.04 bits per heavy atom. The summed E-state index contributed by atoms with van der Waals surface area (Å²) in [7, 11) is 1.63. The van der Waals surface area contributed by atoms with Crippen LogP contribution in [0, 0.1) is 13.8 Å². The molecule has 5 N–H and O–H groups in total. The number of ether oxygens (including phenoxy) is 1. The minimum Gasteiger partial charge on any atom is -0.497 e. The highest BCUT2D eigenvalue weighted by Crippen LogP contribution is 2.21. The van der Waals surface area contributed by atoms with Crippen molar-refractivity contribution < 1.29 is 9.53 Å². The number of rotatable bonds is 5. The SMILES string of the molecule is COc1ccc(NC2NNNC2C(=O)Nc2c(C)cccc2C)cc1. The van der Waals surface area contributed by atoms with Crippen molar-refractivity contribution in [1.29, 1.82) is 0 Å². The first-order chi connectivity index (χ1) is 12.1. The molecular formula is C18H23N5O2. The van der Waals surface area contributed by atoms with E-state index in [0.29, 0.717) is 0 Å². The van der Waals surface area contributed by atoms with Gasteiger partial charge in [0.2, 0.25) is 5.91 Å². The Labute approximate surface area is 147 Å². The van der Waals surface area contributed by atoms with Crippen molar-refractivity contribution in [2.24, 2.45) is 0 Å². The van der Waals surface area contributed by atoms with Crippen molar-refractivity contribution in [1.82, 2.24) is 16.4 Å². The molecular weight excluding hydrogens is 318 g/mol. The van der Waals surface area contributed by atoms with Gasteiger partial charge in [-0.2, -0.15) is 5.53 Å². The molecule has 0 saturated carbocycles. The predicted octanol–water partition coefficient (Wildman–Crippen LogP) is 1.67. The van der Waals surface area contributed by atoms with E-state index < -0.39 is 6.04 Å². The molecule has 0 bridgehead atoms. The molecule has 2 aromatic rings. The third kappa shape index (κ3) is 3.90. The quantitative estimate of drug-likeness (QED) is 0.569. The molecule has 1 heterocycles. The maximum absolute atomic E-state index is 12.7. The smallest absolute Gasteiger partial charge is 0.246 e. The standard InChI is InChI=1S/C18H23N5O2/c1-11-5-4-6-12(2)15(11)20-18(24)16-17(22-23-21-16)19-13-7-9-14(25-3)10-8-13/h4-10,16-17,19,21-23H,1-3H3,(H,20,24). The number of hydrogen-bond donors (Lipinski definition) is 5. The van der Waals surface area contributed by atoms with E-state index in [1.54, 1.807) is 7.11 Å². The van der Waals surface area contributed by atoms with Gasteiger partial charge in [-0.15, -0.1) is 0 Å². The average Bonchev–Trinajstić information content (AvgIpc) is 3.07. The molecule has 132 valence electrons. The van der Waals surface area contributed by atoms with Crippen LogP contribution in [0.1, 0.15) is 11.1 Å². The monoisotopic (exact) mass is 341 g/mol. The summed E-state index contributed by atoms with van der Waals surface area (Å²) in [5.74, 6) is 0.659. The van der Waals surface area contributed by atoms with Crippen LogP contribution in [0.15, 0.2) is 42.5 Å². The van der Waals surface area contributed by atoms with Crippen LogP contribution < -0.4 is 31.8 Å². The Balaban J connectivity index is 1.69. The lowest BCUT2D eigenvalue weighted by atomic mass is 10.1. The summed E-state index contributed by atoms with van der Waals surface area (Å²) in [6, 6.07) is 13.0. The second-order valence-corrected chi connectivity index (χ2v) is 6.00. The topological polar surface area (TPSA) is 86.5 Å². The second-order valence-electron chi connectivity index (χ2n) is 6.00. The van der Waals surface area contributed by atoms with Gasteiger partial charge in [-0.25, -0.2) is 10.9 Å². The van der Waals surface area contributed by atoms with E-state index in [-0.39, 0.29) is 12.1 Å². The van der Waals surface area contributed by atoms with Gasteiger partial charge in [-0.1, -0.05) is 18.2 Å². The van der Waals surface area contributed by atoms with E-state index in [0.717, 1.165) is 28.3 Å². The second kappa shape index (κ2) is 7.52. The first-order valence-electron chi connectivity index (χ1n) is 8.12. The zero-order valence-electron chi connectivity index (χ0n) is 14.5.